The van der Waals surface area contributed by atoms with Gasteiger partial charge >= 0.3 is 0 Å². The second-order valence-electron chi connectivity index (χ2n) is 5.19. The van der Waals surface area contributed by atoms with Gasteiger partial charge in [0.15, 0.2) is 6.29 Å². The number of unbranched alkanes of at least 4 members (excludes halogenated alkanes) is 7. The molecule has 1 heterocycles. The molecular formula is C15H30O2. The van der Waals surface area contributed by atoms with Crippen LogP contribution in [-0.2, 0) is 9.47 Å². The highest BCUT2D eigenvalue weighted by Gasteiger charge is 2.23. The van der Waals surface area contributed by atoms with E-state index in [1.807, 2.05) is 0 Å². The van der Waals surface area contributed by atoms with E-state index in [4.69, 9.17) is 9.47 Å². The molecule has 1 fully saturated rings. The van der Waals surface area contributed by atoms with Crippen molar-refractivity contribution in [3.63, 3.8) is 0 Å². The molecule has 1 aliphatic heterocycles. The van der Waals surface area contributed by atoms with E-state index in [0.29, 0.717) is 6.10 Å². The van der Waals surface area contributed by atoms with Crippen LogP contribution in [0.25, 0.3) is 0 Å². The van der Waals surface area contributed by atoms with Gasteiger partial charge in [-0.1, -0.05) is 58.8 Å². The van der Waals surface area contributed by atoms with Crippen LogP contribution in [-0.4, -0.2) is 19.0 Å². The van der Waals surface area contributed by atoms with Gasteiger partial charge in [-0.3, -0.25) is 0 Å². The van der Waals surface area contributed by atoms with Crippen LogP contribution in [0.1, 0.15) is 78.1 Å². The number of ether oxygens (including phenoxy) is 2. The molecule has 0 aromatic rings. The van der Waals surface area contributed by atoms with Gasteiger partial charge in [-0.05, 0) is 19.3 Å². The summed E-state index contributed by atoms with van der Waals surface area (Å²) in [4.78, 5) is 0. The zero-order valence-corrected chi connectivity index (χ0v) is 11.7. The van der Waals surface area contributed by atoms with Gasteiger partial charge in [0.1, 0.15) is 0 Å². The molecule has 2 unspecified atom stereocenters. The van der Waals surface area contributed by atoms with Crippen molar-refractivity contribution in [2.75, 3.05) is 6.61 Å². The van der Waals surface area contributed by atoms with Gasteiger partial charge in [-0.15, -0.1) is 0 Å². The largest absolute Gasteiger partial charge is 0.350 e. The van der Waals surface area contributed by atoms with Crippen molar-refractivity contribution < 1.29 is 9.47 Å². The summed E-state index contributed by atoms with van der Waals surface area (Å²) in [6.45, 7) is 5.23. The van der Waals surface area contributed by atoms with Gasteiger partial charge in [0.2, 0.25) is 0 Å². The second kappa shape index (κ2) is 9.90. The average Bonchev–Trinajstić information content (AvgIpc) is 2.80. The van der Waals surface area contributed by atoms with Crippen molar-refractivity contribution in [2.45, 2.75) is 90.4 Å². The summed E-state index contributed by atoms with van der Waals surface area (Å²) in [5.41, 5.74) is 0. The van der Waals surface area contributed by atoms with E-state index in [0.717, 1.165) is 19.4 Å². The zero-order valence-electron chi connectivity index (χ0n) is 11.7. The smallest absolute Gasteiger partial charge is 0.158 e. The molecule has 0 aliphatic carbocycles. The molecule has 2 nitrogen and oxygen atoms in total. The third-order valence-corrected chi connectivity index (χ3v) is 3.56. The van der Waals surface area contributed by atoms with E-state index in [1.54, 1.807) is 0 Å². The first kappa shape index (κ1) is 15.0. The van der Waals surface area contributed by atoms with E-state index in [2.05, 4.69) is 13.8 Å². The van der Waals surface area contributed by atoms with Gasteiger partial charge in [0.25, 0.3) is 0 Å². The van der Waals surface area contributed by atoms with Crippen molar-refractivity contribution in [2.24, 2.45) is 0 Å². The topological polar surface area (TPSA) is 18.5 Å². The summed E-state index contributed by atoms with van der Waals surface area (Å²) >= 11 is 0. The highest BCUT2D eigenvalue weighted by molar-refractivity contribution is 4.63. The number of rotatable bonds is 10. The minimum absolute atomic E-state index is 0.0973. The van der Waals surface area contributed by atoms with Crippen LogP contribution >= 0.6 is 0 Å². The third kappa shape index (κ3) is 7.05. The Kier molecular flexibility index (Phi) is 8.72. The Balaban J connectivity index is 1.81. The van der Waals surface area contributed by atoms with Crippen molar-refractivity contribution >= 4 is 0 Å². The van der Waals surface area contributed by atoms with Gasteiger partial charge in [-0.2, -0.15) is 0 Å². The van der Waals surface area contributed by atoms with E-state index < -0.39 is 0 Å². The summed E-state index contributed by atoms with van der Waals surface area (Å²) in [6, 6.07) is 0. The van der Waals surface area contributed by atoms with Crippen molar-refractivity contribution in [1.82, 2.24) is 0 Å². The SMILES string of the molecule is CCCCCCCCCCC1OCC(CC)O1. The molecule has 1 aliphatic rings. The lowest BCUT2D eigenvalue weighted by Gasteiger charge is -2.10. The Morgan fingerprint density at radius 1 is 0.882 bits per heavy atom. The lowest BCUT2D eigenvalue weighted by atomic mass is 10.1. The van der Waals surface area contributed by atoms with Crippen LogP contribution in [0.4, 0.5) is 0 Å². The van der Waals surface area contributed by atoms with E-state index in [9.17, 15) is 0 Å². The molecule has 0 saturated carbocycles. The molecule has 0 N–H and O–H groups in total. The minimum Gasteiger partial charge on any atom is -0.350 e. The van der Waals surface area contributed by atoms with E-state index in [1.165, 1.54) is 51.4 Å². The fourth-order valence-corrected chi connectivity index (χ4v) is 2.32. The predicted molar refractivity (Wildman–Crippen MR) is 72.1 cm³/mol. The fourth-order valence-electron chi connectivity index (χ4n) is 2.32. The summed E-state index contributed by atoms with van der Waals surface area (Å²) in [6.07, 6.45) is 13.6. The van der Waals surface area contributed by atoms with E-state index in [-0.39, 0.29) is 6.29 Å². The molecule has 0 amide bonds. The Hall–Kier alpha value is -0.0800. The van der Waals surface area contributed by atoms with Gasteiger partial charge in [-0.25, -0.2) is 0 Å². The van der Waals surface area contributed by atoms with Crippen LogP contribution in [0.15, 0.2) is 0 Å². The molecule has 102 valence electrons. The van der Waals surface area contributed by atoms with E-state index >= 15 is 0 Å². The van der Waals surface area contributed by atoms with Gasteiger partial charge < -0.3 is 9.47 Å². The lowest BCUT2D eigenvalue weighted by molar-refractivity contribution is -0.0634. The monoisotopic (exact) mass is 242 g/mol. The molecule has 1 rings (SSSR count). The highest BCUT2D eigenvalue weighted by Crippen LogP contribution is 2.19. The third-order valence-electron chi connectivity index (χ3n) is 3.56. The van der Waals surface area contributed by atoms with Crippen molar-refractivity contribution in [3.8, 4) is 0 Å². The zero-order chi connectivity index (χ0) is 12.3. The Morgan fingerprint density at radius 3 is 2.12 bits per heavy atom. The molecular weight excluding hydrogens is 212 g/mol. The van der Waals surface area contributed by atoms with Crippen molar-refractivity contribution in [1.29, 1.82) is 0 Å². The van der Waals surface area contributed by atoms with Crippen molar-refractivity contribution in [3.05, 3.63) is 0 Å². The van der Waals surface area contributed by atoms with Crippen LogP contribution in [0, 0.1) is 0 Å². The van der Waals surface area contributed by atoms with Crippen LogP contribution in [0.3, 0.4) is 0 Å². The standard InChI is InChI=1S/C15H30O2/c1-3-5-6-7-8-9-10-11-12-15-16-13-14(4-2)17-15/h14-15H,3-13H2,1-2H3. The summed E-state index contributed by atoms with van der Waals surface area (Å²) < 4.78 is 11.3. The molecule has 0 bridgehead atoms. The normalized spacial score (nSPS) is 24.4. The molecule has 2 heteroatoms. The molecule has 0 aromatic carbocycles. The highest BCUT2D eigenvalue weighted by atomic mass is 16.7. The predicted octanol–water partition coefficient (Wildman–Crippen LogP) is 4.67. The number of hydrogen-bond acceptors (Lipinski definition) is 2. The maximum atomic E-state index is 5.75. The van der Waals surface area contributed by atoms with Crippen LogP contribution in [0.2, 0.25) is 0 Å². The van der Waals surface area contributed by atoms with Crippen LogP contribution < -0.4 is 0 Å². The maximum Gasteiger partial charge on any atom is 0.158 e. The second-order valence-corrected chi connectivity index (χ2v) is 5.19. The average molecular weight is 242 g/mol. The quantitative estimate of drug-likeness (QED) is 0.518. The molecule has 17 heavy (non-hydrogen) atoms. The minimum atomic E-state index is 0.0973. The summed E-state index contributed by atoms with van der Waals surface area (Å²) in [5.74, 6) is 0. The van der Waals surface area contributed by atoms with Crippen LogP contribution in [0.5, 0.6) is 0 Å². The molecule has 0 aromatic heterocycles. The number of hydrogen-bond donors (Lipinski definition) is 0. The molecule has 1 saturated heterocycles. The maximum absolute atomic E-state index is 5.75. The Morgan fingerprint density at radius 2 is 1.53 bits per heavy atom. The first-order chi connectivity index (χ1) is 8.36. The fraction of sp³-hybridized carbons (Fsp3) is 1.00. The molecule has 2 atom stereocenters. The first-order valence-electron chi connectivity index (χ1n) is 7.63. The lowest BCUT2D eigenvalue weighted by Crippen LogP contribution is -2.10. The first-order valence-corrected chi connectivity index (χ1v) is 7.63. The Labute approximate surface area is 107 Å². The van der Waals surface area contributed by atoms with Gasteiger partial charge in [0, 0.05) is 0 Å². The Bertz CT molecular complexity index is 170. The summed E-state index contributed by atoms with van der Waals surface area (Å²) in [5, 5.41) is 0. The molecule has 0 radical (unpaired) electrons. The van der Waals surface area contributed by atoms with Gasteiger partial charge in [0.05, 0.1) is 12.7 Å². The molecule has 0 spiro atoms. The summed E-state index contributed by atoms with van der Waals surface area (Å²) in [7, 11) is 0.